The Bertz CT molecular complexity index is 4150. The van der Waals surface area contributed by atoms with Crippen LogP contribution < -0.4 is 9.30 Å². The van der Waals surface area contributed by atoms with Crippen molar-refractivity contribution in [2.24, 2.45) is 0 Å². The van der Waals surface area contributed by atoms with Crippen molar-refractivity contribution < 1.29 is 25.8 Å². The van der Waals surface area contributed by atoms with Gasteiger partial charge in [-0.05, 0) is 111 Å². The number of hydrogen-bond acceptors (Lipinski definition) is 2. The van der Waals surface area contributed by atoms with E-state index in [1.54, 1.807) is 45.7 Å². The lowest BCUT2D eigenvalue weighted by Crippen LogP contribution is -2.31. The van der Waals surface area contributed by atoms with E-state index in [1.807, 2.05) is 111 Å². The van der Waals surface area contributed by atoms with Crippen LogP contribution in [0, 0.1) is 6.33 Å². The fraction of sp³-hybridized carbons (Fsp3) is 0.129. The second-order valence-electron chi connectivity index (χ2n) is 18.1. The second-order valence-corrected chi connectivity index (χ2v) is 18.1. The van der Waals surface area contributed by atoms with Gasteiger partial charge in [-0.15, -0.1) is 0 Å². The molecule has 0 N–H and O–H groups in total. The summed E-state index contributed by atoms with van der Waals surface area (Å²) < 4.78 is 119. The Balaban J connectivity index is 1.06. The van der Waals surface area contributed by atoms with Crippen LogP contribution in [0.5, 0.6) is 11.5 Å². The summed E-state index contributed by atoms with van der Waals surface area (Å²) >= 11 is 0. The van der Waals surface area contributed by atoms with Gasteiger partial charge in [-0.25, -0.2) is 4.98 Å². The predicted molar refractivity (Wildman–Crippen MR) is 275 cm³/mol. The van der Waals surface area contributed by atoms with Gasteiger partial charge in [0.15, 0.2) is 0 Å². The highest BCUT2D eigenvalue weighted by molar-refractivity contribution is 6.09. The maximum Gasteiger partial charge on any atom is 0.269 e. The molecule has 0 aliphatic carbocycles. The molecule has 11 rings (SSSR count). The number of pyridine rings is 1. The Morgan fingerprint density at radius 2 is 1.28 bits per heavy atom. The monoisotopic (exact) mass is 880 g/mol. The van der Waals surface area contributed by atoms with Gasteiger partial charge in [-0.2, -0.15) is 0 Å². The molecule has 8 aromatic carbocycles. The molecule has 67 heavy (non-hydrogen) atoms. The maximum absolute atomic E-state index is 9.58. The molecule has 0 amide bonds. The van der Waals surface area contributed by atoms with Crippen LogP contribution in [0.15, 0.2) is 212 Å². The molecule has 0 radical (unpaired) electrons. The van der Waals surface area contributed by atoms with E-state index in [9.17, 15) is 2.74 Å². The second kappa shape index (κ2) is 16.8. The molecule has 326 valence electrons. The molecule has 0 spiro atoms. The number of hydrogen-bond donors (Lipinski definition) is 0. The highest BCUT2D eigenvalue weighted by Crippen LogP contribution is 2.39. The smallest absolute Gasteiger partial charge is 0.269 e. The van der Waals surface area contributed by atoms with Crippen LogP contribution in [0.3, 0.4) is 0 Å². The summed E-state index contributed by atoms with van der Waals surface area (Å²) in [5, 5.41) is 1.95. The Labute approximate surface area is 409 Å². The fourth-order valence-corrected chi connectivity index (χ4v) is 8.88. The molecule has 3 heterocycles. The van der Waals surface area contributed by atoms with Crippen LogP contribution in [0.4, 0.5) is 0 Å². The third-order valence-electron chi connectivity index (χ3n) is 12.2. The van der Waals surface area contributed by atoms with Crippen LogP contribution in [0.1, 0.15) is 67.8 Å². The van der Waals surface area contributed by atoms with Crippen LogP contribution in [0.25, 0.3) is 72.3 Å². The summed E-state index contributed by atoms with van der Waals surface area (Å²) in [4.78, 5) is 4.88. The lowest BCUT2D eigenvalue weighted by molar-refractivity contribution is -0.571. The molecule has 5 nitrogen and oxygen atoms in total. The Morgan fingerprint density at radius 3 is 2.01 bits per heavy atom. The lowest BCUT2D eigenvalue weighted by atomic mass is 9.79. The lowest BCUT2D eigenvalue weighted by Gasteiger charge is -2.25. The molecule has 3 aromatic heterocycles. The quantitative estimate of drug-likeness (QED) is 0.101. The van der Waals surface area contributed by atoms with Gasteiger partial charge in [0.2, 0.25) is 0 Å². The molecule has 0 aliphatic rings. The average molecular weight is 881 g/mol. The molecule has 11 aromatic rings. The first-order valence-corrected chi connectivity index (χ1v) is 22.1. The molecular formula is C62H52N4O. The van der Waals surface area contributed by atoms with Gasteiger partial charge < -0.3 is 4.74 Å². The van der Waals surface area contributed by atoms with Gasteiger partial charge in [-0.3, -0.25) is 13.7 Å². The summed E-state index contributed by atoms with van der Waals surface area (Å²) in [6, 6.07) is 39.7. The zero-order valence-corrected chi connectivity index (χ0v) is 37.6. The Kier molecular flexibility index (Phi) is 7.56. The van der Waals surface area contributed by atoms with E-state index < -0.39 is 72.2 Å². The summed E-state index contributed by atoms with van der Waals surface area (Å²) in [7, 11) is 0. The molecule has 0 atom stereocenters. The third-order valence-corrected chi connectivity index (χ3v) is 12.2. The van der Waals surface area contributed by atoms with Crippen molar-refractivity contribution in [3.63, 3.8) is 0 Å². The summed E-state index contributed by atoms with van der Waals surface area (Å²) in [5.41, 5.74) is 5.04. The zero-order valence-electron chi connectivity index (χ0n) is 49.6. The molecule has 0 aliphatic heterocycles. The molecule has 0 fully saturated rings. The molecular weight excluding hydrogens is 817 g/mol. The van der Waals surface area contributed by atoms with Crippen LogP contribution in [0.2, 0.25) is 0 Å². The number of rotatable bonds is 10. The highest BCUT2D eigenvalue weighted by atomic mass is 16.5. The van der Waals surface area contributed by atoms with E-state index in [1.165, 1.54) is 0 Å². The summed E-state index contributed by atoms with van der Waals surface area (Å²) in [6.07, 6.45) is 3.30. The molecule has 0 saturated heterocycles. The number of para-hydroxylation sites is 3. The van der Waals surface area contributed by atoms with Gasteiger partial charge in [0.05, 0.1) is 47.1 Å². The average Bonchev–Trinajstić information content (AvgIpc) is 4.22. The number of ether oxygens (including phenoxy) is 1. The number of fused-ring (bicyclic) bond motifs is 4. The Morgan fingerprint density at radius 1 is 0.597 bits per heavy atom. The minimum Gasteiger partial charge on any atom is -0.458 e. The molecule has 0 bridgehead atoms. The van der Waals surface area contributed by atoms with Gasteiger partial charge in [-0.1, -0.05) is 180 Å². The van der Waals surface area contributed by atoms with Crippen molar-refractivity contribution in [3.05, 3.63) is 235 Å². The third kappa shape index (κ3) is 7.87. The SMILES string of the molecule is [2H]c1c([2H])c([2H])c(-c2cccc(-c3c([2H])c([2H])c([2H])c([2H])c3[2H])c2-[n+]2[c-]n(-c3cccc(Oc4ccc5c6cc(C(C)(C)C)ccc6n(-c6cc(C([2H])([2H])C(C)(C)c7ccccc7)ccn6)c5c4)c3)c3ccccc32)c([2H])c1[2H]. The van der Waals surface area contributed by atoms with E-state index in [4.69, 9.17) is 23.4 Å². The first kappa shape index (κ1) is 30.2. The standard InChI is InChI=1S/C62H52N4O/c1-61(2,3)47-31-34-55-54(38-47)53-33-32-50(40-58(53)66(55)59-37-43(35-36-63-59)41-62(4,5)46-23-13-8-14-24-46)67-49-26-17-25-48(39-49)64-42-65(57-30-16-15-29-56(57)64)60-51(44-19-9-6-10-20-44)27-18-28-52(60)45-21-11-7-12-22-45/h6-40H,41H2,1-5H3/i6D,7D,9D,10D,11D,12D,19D,20D,21D,22D,41D2. The van der Waals surface area contributed by atoms with Crippen LogP contribution in [-0.4, -0.2) is 14.1 Å². The topological polar surface area (TPSA) is 35.9 Å². The minimum absolute atomic E-state index is 0.140. The predicted octanol–water partition coefficient (Wildman–Crippen LogP) is 15.1. The molecule has 5 heteroatoms. The van der Waals surface area contributed by atoms with Crippen LogP contribution >= 0.6 is 0 Å². The number of nitrogens with zero attached hydrogens (tertiary/aromatic N) is 4. The van der Waals surface area contributed by atoms with Crippen LogP contribution in [-0.2, 0) is 17.2 Å². The Hall–Kier alpha value is -8.02. The first-order valence-electron chi connectivity index (χ1n) is 28.1. The fourth-order valence-electron chi connectivity index (χ4n) is 8.88. The molecule has 0 unspecified atom stereocenters. The summed E-state index contributed by atoms with van der Waals surface area (Å²) in [5.74, 6) is 1.51. The summed E-state index contributed by atoms with van der Waals surface area (Å²) in [6.45, 7) is 10.4. The largest absolute Gasteiger partial charge is 0.458 e. The van der Waals surface area contributed by atoms with Crippen molar-refractivity contribution in [1.29, 1.82) is 0 Å². The van der Waals surface area contributed by atoms with Gasteiger partial charge in [0.25, 0.3) is 6.33 Å². The van der Waals surface area contributed by atoms with E-state index in [0.717, 1.165) is 32.9 Å². The van der Waals surface area contributed by atoms with Crippen molar-refractivity contribution in [2.45, 2.75) is 51.8 Å². The van der Waals surface area contributed by atoms with E-state index >= 15 is 0 Å². The van der Waals surface area contributed by atoms with Crippen molar-refractivity contribution in [1.82, 2.24) is 14.1 Å². The zero-order chi connectivity index (χ0) is 56.2. The molecule has 0 saturated carbocycles. The number of benzene rings is 8. The van der Waals surface area contributed by atoms with E-state index in [0.29, 0.717) is 39.6 Å². The number of aromatic nitrogens is 4. The van der Waals surface area contributed by atoms with E-state index in [-0.39, 0.29) is 33.4 Å². The minimum atomic E-state index is -1.80. The van der Waals surface area contributed by atoms with Crippen molar-refractivity contribution >= 4 is 32.8 Å². The maximum atomic E-state index is 9.58. The van der Waals surface area contributed by atoms with Crippen molar-refractivity contribution in [3.8, 4) is 50.9 Å². The normalized spacial score (nSPS) is 14.8. The van der Waals surface area contributed by atoms with Gasteiger partial charge in [0.1, 0.15) is 17.3 Å². The van der Waals surface area contributed by atoms with E-state index in [2.05, 4.69) is 49.9 Å². The van der Waals surface area contributed by atoms with Gasteiger partial charge in [0, 0.05) is 25.8 Å². The van der Waals surface area contributed by atoms with Crippen molar-refractivity contribution in [2.75, 3.05) is 0 Å². The first-order chi connectivity index (χ1) is 37.5. The highest BCUT2D eigenvalue weighted by Gasteiger charge is 2.24. The number of imidazole rings is 1. The van der Waals surface area contributed by atoms with Gasteiger partial charge >= 0.3 is 0 Å².